The Morgan fingerprint density at radius 3 is 2.22 bits per heavy atom. The Kier molecular flexibility index (Phi) is 3.41. The van der Waals surface area contributed by atoms with Gasteiger partial charge in [-0.25, -0.2) is 0 Å². The number of carbonyl (C=O) groups is 2. The molecule has 0 unspecified atom stereocenters. The molecule has 1 aromatic rings. The van der Waals surface area contributed by atoms with Crippen LogP contribution in [0.5, 0.6) is 0 Å². The third-order valence-electron chi connectivity index (χ3n) is 3.20. The minimum absolute atomic E-state index is 0.237. The van der Waals surface area contributed by atoms with Crippen LogP contribution in [0.4, 0.5) is 0 Å². The zero-order valence-electron chi connectivity index (χ0n) is 9.69. The van der Waals surface area contributed by atoms with Crippen molar-refractivity contribution in [2.24, 2.45) is 11.8 Å². The zero-order valence-corrected chi connectivity index (χ0v) is 9.69. The summed E-state index contributed by atoms with van der Waals surface area (Å²) in [6.07, 6.45) is 5.94. The van der Waals surface area contributed by atoms with Gasteiger partial charge in [-0.2, -0.15) is 4.57 Å². The molecule has 0 radical (unpaired) electrons. The van der Waals surface area contributed by atoms with Gasteiger partial charge in [0.1, 0.15) is 0 Å². The first-order valence-corrected chi connectivity index (χ1v) is 5.71. The highest BCUT2D eigenvalue weighted by molar-refractivity contribution is 5.81. The molecule has 2 rings (SSSR count). The second-order valence-corrected chi connectivity index (χ2v) is 4.31. The summed E-state index contributed by atoms with van der Waals surface area (Å²) in [6.45, 7) is 0. The van der Waals surface area contributed by atoms with Gasteiger partial charge in [-0.05, 0) is 12.5 Å². The van der Waals surface area contributed by atoms with Gasteiger partial charge >= 0.3 is 11.9 Å². The van der Waals surface area contributed by atoms with Crippen molar-refractivity contribution < 1.29 is 24.4 Å². The van der Waals surface area contributed by atoms with Crippen molar-refractivity contribution >= 4 is 17.6 Å². The molecule has 0 amide bonds. The van der Waals surface area contributed by atoms with Gasteiger partial charge in [0, 0.05) is 18.6 Å². The van der Waals surface area contributed by atoms with Crippen molar-refractivity contribution in [2.45, 2.75) is 12.8 Å². The molecule has 0 aliphatic heterocycles. The van der Waals surface area contributed by atoms with Gasteiger partial charge in [-0.1, -0.05) is 6.07 Å². The Bertz CT molecular complexity index is 495. The summed E-state index contributed by atoms with van der Waals surface area (Å²) in [5, 5.41) is 18.1. The highest BCUT2D eigenvalue weighted by atomic mass is 16.4. The molecule has 1 aromatic heterocycles. The number of hydrogen-bond acceptors (Lipinski definition) is 2. The van der Waals surface area contributed by atoms with Gasteiger partial charge < -0.3 is 10.2 Å². The fourth-order valence-corrected chi connectivity index (χ4v) is 2.21. The van der Waals surface area contributed by atoms with Crippen LogP contribution in [0, 0.1) is 11.8 Å². The van der Waals surface area contributed by atoms with E-state index in [1.165, 1.54) is 0 Å². The molecule has 0 saturated carbocycles. The second-order valence-electron chi connectivity index (χ2n) is 4.31. The van der Waals surface area contributed by atoms with Gasteiger partial charge in [0.2, 0.25) is 0 Å². The predicted octanol–water partition coefficient (Wildman–Crippen LogP) is 1.01. The first-order valence-electron chi connectivity index (χ1n) is 5.71. The van der Waals surface area contributed by atoms with Crippen LogP contribution in [0.25, 0.3) is 5.70 Å². The summed E-state index contributed by atoms with van der Waals surface area (Å²) in [4.78, 5) is 22.2. The molecule has 5 nitrogen and oxygen atoms in total. The maximum atomic E-state index is 11.1. The predicted molar refractivity (Wildman–Crippen MR) is 62.4 cm³/mol. The molecule has 2 N–H and O–H groups in total. The number of hydrogen-bond donors (Lipinski definition) is 2. The molecule has 1 aliphatic carbocycles. The lowest BCUT2D eigenvalue weighted by Gasteiger charge is -2.22. The molecule has 1 aliphatic rings. The van der Waals surface area contributed by atoms with E-state index in [4.69, 9.17) is 10.2 Å². The summed E-state index contributed by atoms with van der Waals surface area (Å²) in [5.41, 5.74) is 0.834. The van der Waals surface area contributed by atoms with Crippen LogP contribution in [0.1, 0.15) is 12.8 Å². The van der Waals surface area contributed by atoms with Crippen molar-refractivity contribution in [3.8, 4) is 0 Å². The number of nitrogens with zero attached hydrogens (tertiary/aromatic N) is 1. The second kappa shape index (κ2) is 5.00. The van der Waals surface area contributed by atoms with E-state index in [0.717, 1.165) is 5.70 Å². The fraction of sp³-hybridized carbons (Fsp3) is 0.308. The highest BCUT2D eigenvalue weighted by Gasteiger charge is 2.38. The Morgan fingerprint density at radius 1 is 1.06 bits per heavy atom. The summed E-state index contributed by atoms with van der Waals surface area (Å²) in [5.74, 6) is -3.80. The lowest BCUT2D eigenvalue weighted by Crippen LogP contribution is -2.39. The van der Waals surface area contributed by atoms with E-state index in [-0.39, 0.29) is 12.8 Å². The van der Waals surface area contributed by atoms with Crippen LogP contribution in [0.2, 0.25) is 0 Å². The number of aliphatic carboxylic acids is 2. The van der Waals surface area contributed by atoms with Crippen LogP contribution in [0.3, 0.4) is 0 Å². The Labute approximate surface area is 104 Å². The number of carboxylic acid groups (broad SMARTS) is 2. The highest BCUT2D eigenvalue weighted by Crippen LogP contribution is 2.30. The van der Waals surface area contributed by atoms with Gasteiger partial charge in [-0.15, -0.1) is 0 Å². The quantitative estimate of drug-likeness (QED) is 0.782. The molecule has 5 heteroatoms. The average molecular weight is 248 g/mol. The first-order chi connectivity index (χ1) is 8.59. The van der Waals surface area contributed by atoms with E-state index in [1.54, 1.807) is 6.08 Å². The number of aromatic nitrogens is 1. The monoisotopic (exact) mass is 248 g/mol. The molecule has 18 heavy (non-hydrogen) atoms. The van der Waals surface area contributed by atoms with Crippen molar-refractivity contribution in [3.63, 3.8) is 0 Å². The van der Waals surface area contributed by atoms with Crippen LogP contribution in [0.15, 0.2) is 36.7 Å². The Hall–Kier alpha value is -2.17. The van der Waals surface area contributed by atoms with Crippen molar-refractivity contribution in [2.75, 3.05) is 0 Å². The van der Waals surface area contributed by atoms with Crippen LogP contribution in [-0.4, -0.2) is 22.2 Å². The van der Waals surface area contributed by atoms with Gasteiger partial charge in [-0.3, -0.25) is 9.59 Å². The summed E-state index contributed by atoms with van der Waals surface area (Å²) < 4.78 is 1.83. The molecular weight excluding hydrogens is 234 g/mol. The van der Waals surface area contributed by atoms with Crippen LogP contribution >= 0.6 is 0 Å². The van der Waals surface area contributed by atoms with E-state index in [1.807, 2.05) is 35.2 Å². The number of allylic oxidation sites excluding steroid dienone is 2. The van der Waals surface area contributed by atoms with Crippen LogP contribution in [-0.2, 0) is 9.59 Å². The van der Waals surface area contributed by atoms with Crippen molar-refractivity contribution in [1.82, 2.24) is 0 Å². The maximum Gasteiger partial charge on any atom is 0.307 e. The summed E-state index contributed by atoms with van der Waals surface area (Å²) in [6, 6.07) is 5.56. The van der Waals surface area contributed by atoms with Gasteiger partial charge in [0.25, 0.3) is 0 Å². The standard InChI is InChI=1S/C13H13NO4/c15-12(16)10-5-4-9(8-11(10)13(17)18)14-6-2-1-3-7-14/h1-4,6-7,10-11H,5,8H2,(H-,15,16,17,18)/p+1/t10-,11-/m0/s1. The molecule has 1 heterocycles. The topological polar surface area (TPSA) is 78.5 Å². The molecule has 2 atom stereocenters. The summed E-state index contributed by atoms with van der Waals surface area (Å²) >= 11 is 0. The third-order valence-corrected chi connectivity index (χ3v) is 3.20. The molecular formula is C13H14NO4+. The molecule has 94 valence electrons. The van der Waals surface area contributed by atoms with E-state index in [9.17, 15) is 9.59 Å². The minimum atomic E-state index is -1.05. The molecule has 0 saturated heterocycles. The van der Waals surface area contributed by atoms with E-state index < -0.39 is 23.8 Å². The third kappa shape index (κ3) is 2.40. The lowest BCUT2D eigenvalue weighted by molar-refractivity contribution is -0.584. The smallest absolute Gasteiger partial charge is 0.307 e. The molecule has 0 fully saturated rings. The van der Waals surface area contributed by atoms with Crippen LogP contribution < -0.4 is 4.57 Å². The summed E-state index contributed by atoms with van der Waals surface area (Å²) in [7, 11) is 0. The SMILES string of the molecule is O=C(O)[C@H]1CC=C([n+]2ccccc2)C[C@@H]1C(=O)O. The normalized spacial score (nSPS) is 23.2. The molecule has 0 bridgehead atoms. The Balaban J connectivity index is 2.27. The lowest BCUT2D eigenvalue weighted by atomic mass is 9.81. The van der Waals surface area contributed by atoms with Crippen molar-refractivity contribution in [1.29, 1.82) is 0 Å². The molecule has 0 spiro atoms. The maximum absolute atomic E-state index is 11.1. The fourth-order valence-electron chi connectivity index (χ4n) is 2.21. The zero-order chi connectivity index (χ0) is 13.1. The van der Waals surface area contributed by atoms with E-state index in [0.29, 0.717) is 0 Å². The largest absolute Gasteiger partial charge is 0.481 e. The van der Waals surface area contributed by atoms with Gasteiger partial charge in [0.15, 0.2) is 18.1 Å². The number of pyridine rings is 1. The van der Waals surface area contributed by atoms with E-state index in [2.05, 4.69) is 0 Å². The number of rotatable bonds is 3. The Morgan fingerprint density at radius 2 is 1.67 bits per heavy atom. The number of carboxylic acids is 2. The van der Waals surface area contributed by atoms with E-state index >= 15 is 0 Å². The van der Waals surface area contributed by atoms with Gasteiger partial charge in [0.05, 0.1) is 11.8 Å². The first kappa shape index (κ1) is 12.3. The average Bonchev–Trinajstić information content (AvgIpc) is 2.39. The van der Waals surface area contributed by atoms with Crippen molar-refractivity contribution in [3.05, 3.63) is 36.7 Å². The molecule has 0 aromatic carbocycles. The minimum Gasteiger partial charge on any atom is -0.481 e.